The van der Waals surface area contributed by atoms with Crippen LogP contribution in [-0.2, 0) is 19.4 Å². The Bertz CT molecular complexity index is 574. The lowest BCUT2D eigenvalue weighted by molar-refractivity contribution is 0.363. The summed E-state index contributed by atoms with van der Waals surface area (Å²) >= 11 is 0. The molecule has 1 atom stereocenters. The molecule has 0 fully saturated rings. The predicted molar refractivity (Wildman–Crippen MR) is 75.0 cm³/mol. The molecule has 0 aliphatic heterocycles. The third-order valence-electron chi connectivity index (χ3n) is 3.88. The van der Waals surface area contributed by atoms with Crippen molar-refractivity contribution in [3.63, 3.8) is 0 Å². The van der Waals surface area contributed by atoms with Crippen LogP contribution in [0.25, 0.3) is 0 Å². The van der Waals surface area contributed by atoms with E-state index in [-0.39, 0.29) is 0 Å². The highest BCUT2D eigenvalue weighted by Crippen LogP contribution is 2.25. The number of aromatic nitrogens is 1. The molecule has 0 spiro atoms. The molecule has 1 unspecified atom stereocenters. The SMILES string of the molecule is Cc1cc(CNC(C)c2ccc3c(c2)CCC3)on1. The first-order valence-corrected chi connectivity index (χ1v) is 6.99. The topological polar surface area (TPSA) is 38.1 Å². The normalized spacial score (nSPS) is 15.5. The van der Waals surface area contributed by atoms with Crippen molar-refractivity contribution in [2.75, 3.05) is 0 Å². The van der Waals surface area contributed by atoms with Gasteiger partial charge in [-0.1, -0.05) is 23.4 Å². The van der Waals surface area contributed by atoms with Crippen molar-refractivity contribution in [1.29, 1.82) is 0 Å². The Balaban J connectivity index is 1.65. The predicted octanol–water partition coefficient (Wildman–Crippen LogP) is 3.32. The van der Waals surface area contributed by atoms with Gasteiger partial charge < -0.3 is 9.84 Å². The van der Waals surface area contributed by atoms with Gasteiger partial charge in [0.15, 0.2) is 5.76 Å². The van der Waals surface area contributed by atoms with E-state index >= 15 is 0 Å². The molecule has 1 N–H and O–H groups in total. The van der Waals surface area contributed by atoms with Gasteiger partial charge in [-0.3, -0.25) is 0 Å². The molecule has 1 aromatic heterocycles. The van der Waals surface area contributed by atoms with Crippen LogP contribution in [0, 0.1) is 6.92 Å². The van der Waals surface area contributed by atoms with Gasteiger partial charge in [-0.25, -0.2) is 0 Å². The van der Waals surface area contributed by atoms with Crippen LogP contribution in [0.15, 0.2) is 28.8 Å². The molecule has 19 heavy (non-hydrogen) atoms. The number of hydrogen-bond acceptors (Lipinski definition) is 3. The van der Waals surface area contributed by atoms with Gasteiger partial charge in [-0.05, 0) is 49.8 Å². The summed E-state index contributed by atoms with van der Waals surface area (Å²) in [7, 11) is 0. The second-order valence-electron chi connectivity index (χ2n) is 5.42. The van der Waals surface area contributed by atoms with Crippen LogP contribution in [0.1, 0.15) is 47.5 Å². The highest BCUT2D eigenvalue weighted by atomic mass is 16.5. The smallest absolute Gasteiger partial charge is 0.150 e. The molecular formula is C16H20N2O. The molecule has 1 aliphatic rings. The van der Waals surface area contributed by atoms with Gasteiger partial charge in [-0.2, -0.15) is 0 Å². The zero-order chi connectivity index (χ0) is 13.2. The van der Waals surface area contributed by atoms with Gasteiger partial charge in [0, 0.05) is 12.1 Å². The lowest BCUT2D eigenvalue weighted by Gasteiger charge is -2.14. The third-order valence-corrected chi connectivity index (χ3v) is 3.88. The number of aryl methyl sites for hydroxylation is 3. The zero-order valence-corrected chi connectivity index (χ0v) is 11.6. The first-order chi connectivity index (χ1) is 9.22. The number of hydrogen-bond donors (Lipinski definition) is 1. The van der Waals surface area contributed by atoms with Crippen LogP contribution in [0.5, 0.6) is 0 Å². The number of benzene rings is 1. The standard InChI is InChI=1S/C16H20N2O/c1-11-8-16(19-18-11)10-17-12(2)14-7-6-13-4-3-5-15(13)9-14/h6-9,12,17H,3-5,10H2,1-2H3. The maximum absolute atomic E-state index is 5.21. The van der Waals surface area contributed by atoms with Crippen LogP contribution in [-0.4, -0.2) is 5.16 Å². The summed E-state index contributed by atoms with van der Waals surface area (Å²) < 4.78 is 5.21. The number of nitrogens with zero attached hydrogens (tertiary/aromatic N) is 1. The molecular weight excluding hydrogens is 236 g/mol. The Kier molecular flexibility index (Phi) is 3.38. The highest BCUT2D eigenvalue weighted by Gasteiger charge is 2.13. The molecule has 3 nitrogen and oxygen atoms in total. The Morgan fingerprint density at radius 1 is 1.26 bits per heavy atom. The summed E-state index contributed by atoms with van der Waals surface area (Å²) in [5.41, 5.74) is 5.35. The highest BCUT2D eigenvalue weighted by molar-refractivity contribution is 5.36. The molecule has 1 aliphatic carbocycles. The van der Waals surface area contributed by atoms with Crippen molar-refractivity contribution in [3.8, 4) is 0 Å². The molecule has 100 valence electrons. The van der Waals surface area contributed by atoms with Crippen LogP contribution in [0.4, 0.5) is 0 Å². The summed E-state index contributed by atoms with van der Waals surface area (Å²) in [4.78, 5) is 0. The van der Waals surface area contributed by atoms with Gasteiger partial charge in [0.05, 0.1) is 12.2 Å². The van der Waals surface area contributed by atoms with E-state index in [0.29, 0.717) is 6.04 Å². The van der Waals surface area contributed by atoms with Crippen LogP contribution in [0.2, 0.25) is 0 Å². The van der Waals surface area contributed by atoms with Crippen LogP contribution < -0.4 is 5.32 Å². The van der Waals surface area contributed by atoms with Crippen molar-refractivity contribution in [3.05, 3.63) is 52.4 Å². The first-order valence-electron chi connectivity index (χ1n) is 6.99. The molecule has 0 radical (unpaired) electrons. The van der Waals surface area contributed by atoms with Crippen LogP contribution >= 0.6 is 0 Å². The number of fused-ring (bicyclic) bond motifs is 1. The van der Waals surface area contributed by atoms with Crippen molar-refractivity contribution in [2.45, 2.75) is 45.7 Å². The van der Waals surface area contributed by atoms with E-state index in [2.05, 4.69) is 35.6 Å². The minimum absolute atomic E-state index is 0.330. The summed E-state index contributed by atoms with van der Waals surface area (Å²) in [6, 6.07) is 9.19. The molecule has 0 saturated heterocycles. The van der Waals surface area contributed by atoms with Crippen molar-refractivity contribution in [1.82, 2.24) is 10.5 Å². The third kappa shape index (κ3) is 2.71. The Labute approximate surface area is 114 Å². The zero-order valence-electron chi connectivity index (χ0n) is 11.6. The molecule has 0 saturated carbocycles. The quantitative estimate of drug-likeness (QED) is 0.912. The van der Waals surface area contributed by atoms with E-state index in [0.717, 1.165) is 18.0 Å². The summed E-state index contributed by atoms with van der Waals surface area (Å²) in [6.07, 6.45) is 3.78. The minimum Gasteiger partial charge on any atom is -0.360 e. The van der Waals surface area contributed by atoms with E-state index in [1.807, 2.05) is 13.0 Å². The molecule has 3 heteroatoms. The van der Waals surface area contributed by atoms with Gasteiger partial charge in [0.25, 0.3) is 0 Å². The molecule has 1 aromatic carbocycles. The van der Waals surface area contributed by atoms with E-state index in [4.69, 9.17) is 4.52 Å². The number of nitrogens with one attached hydrogen (secondary N) is 1. The lowest BCUT2D eigenvalue weighted by Crippen LogP contribution is -2.17. The second kappa shape index (κ2) is 5.17. The first kappa shape index (κ1) is 12.4. The lowest BCUT2D eigenvalue weighted by atomic mass is 10.0. The fourth-order valence-electron chi connectivity index (χ4n) is 2.73. The van der Waals surface area contributed by atoms with E-state index in [1.54, 1.807) is 0 Å². The molecule has 3 rings (SSSR count). The summed E-state index contributed by atoms with van der Waals surface area (Å²) in [6.45, 7) is 4.86. The summed E-state index contributed by atoms with van der Waals surface area (Å²) in [5.74, 6) is 0.894. The Morgan fingerprint density at radius 2 is 2.11 bits per heavy atom. The molecule has 1 heterocycles. The minimum atomic E-state index is 0.330. The average Bonchev–Trinajstić information content (AvgIpc) is 3.03. The van der Waals surface area contributed by atoms with Crippen molar-refractivity contribution >= 4 is 0 Å². The van der Waals surface area contributed by atoms with Gasteiger partial charge >= 0.3 is 0 Å². The Hall–Kier alpha value is -1.61. The van der Waals surface area contributed by atoms with Crippen LogP contribution in [0.3, 0.4) is 0 Å². The molecule has 2 aromatic rings. The van der Waals surface area contributed by atoms with E-state index in [1.165, 1.54) is 36.0 Å². The average molecular weight is 256 g/mol. The van der Waals surface area contributed by atoms with E-state index < -0.39 is 0 Å². The maximum atomic E-state index is 5.21. The van der Waals surface area contributed by atoms with Gasteiger partial charge in [0.1, 0.15) is 0 Å². The van der Waals surface area contributed by atoms with E-state index in [9.17, 15) is 0 Å². The van der Waals surface area contributed by atoms with Crippen molar-refractivity contribution < 1.29 is 4.52 Å². The fraction of sp³-hybridized carbons (Fsp3) is 0.438. The number of rotatable bonds is 4. The molecule has 0 bridgehead atoms. The van der Waals surface area contributed by atoms with Gasteiger partial charge in [0.2, 0.25) is 0 Å². The fourth-order valence-corrected chi connectivity index (χ4v) is 2.73. The summed E-state index contributed by atoms with van der Waals surface area (Å²) in [5, 5.41) is 7.39. The monoisotopic (exact) mass is 256 g/mol. The second-order valence-corrected chi connectivity index (χ2v) is 5.42. The van der Waals surface area contributed by atoms with Crippen molar-refractivity contribution in [2.24, 2.45) is 0 Å². The Morgan fingerprint density at radius 3 is 2.89 bits per heavy atom. The maximum Gasteiger partial charge on any atom is 0.150 e. The molecule has 0 amide bonds. The van der Waals surface area contributed by atoms with Gasteiger partial charge in [-0.15, -0.1) is 0 Å². The largest absolute Gasteiger partial charge is 0.360 e.